The fraction of sp³-hybridized carbons (Fsp3) is 0. The fourth-order valence-corrected chi connectivity index (χ4v) is 2.85. The lowest BCUT2D eigenvalue weighted by Gasteiger charge is -2.07. The van der Waals surface area contributed by atoms with Gasteiger partial charge >= 0.3 is 0 Å². The minimum absolute atomic E-state index is 0.346. The number of hydrogen-bond donors (Lipinski definition) is 2. The monoisotopic (exact) mass is 384 g/mol. The van der Waals surface area contributed by atoms with Crippen molar-refractivity contribution in [2.45, 2.75) is 0 Å². The van der Waals surface area contributed by atoms with Crippen LogP contribution in [-0.2, 0) is 4.79 Å². The van der Waals surface area contributed by atoms with Crippen LogP contribution in [-0.4, -0.2) is 21.1 Å². The number of hydrogen-bond acceptors (Lipinski definition) is 3. The van der Waals surface area contributed by atoms with Crippen LogP contribution < -0.4 is 5.32 Å². The van der Waals surface area contributed by atoms with E-state index < -0.39 is 0 Å². The number of halogens is 1. The van der Waals surface area contributed by atoms with Crippen molar-refractivity contribution in [3.63, 3.8) is 0 Å². The van der Waals surface area contributed by atoms with Crippen molar-refractivity contribution in [2.24, 2.45) is 0 Å². The van der Waals surface area contributed by atoms with Crippen molar-refractivity contribution in [3.8, 4) is 22.8 Å². The lowest BCUT2D eigenvalue weighted by molar-refractivity contribution is -0.111. The van der Waals surface area contributed by atoms with Crippen LogP contribution >= 0.6 is 0 Å². The van der Waals surface area contributed by atoms with E-state index in [0.29, 0.717) is 28.5 Å². The van der Waals surface area contributed by atoms with Crippen LogP contribution in [0.2, 0.25) is 0 Å². The van der Waals surface area contributed by atoms with Gasteiger partial charge < -0.3 is 5.32 Å². The summed E-state index contributed by atoms with van der Waals surface area (Å²) in [6, 6.07) is 23.2. The lowest BCUT2D eigenvalue weighted by atomic mass is 10.1. The second kappa shape index (κ2) is 8.31. The SMILES string of the molecule is O=C(C=Cc1ccccc1F)Nc1ccccc1-c1nc(-c2ccccc2)n[nH]1. The minimum atomic E-state index is -0.382. The van der Waals surface area contributed by atoms with E-state index in [1.54, 1.807) is 24.3 Å². The standard InChI is InChI=1S/C23H17FN4O/c24-19-12-6-4-8-16(19)14-15-21(29)25-20-13-7-5-11-18(20)23-26-22(27-28-23)17-9-2-1-3-10-17/h1-15H,(H,25,29)(H,26,27,28). The quantitative estimate of drug-likeness (QED) is 0.479. The Morgan fingerprint density at radius 3 is 2.48 bits per heavy atom. The zero-order valence-corrected chi connectivity index (χ0v) is 15.3. The second-order valence-corrected chi connectivity index (χ2v) is 6.26. The zero-order valence-electron chi connectivity index (χ0n) is 15.3. The van der Waals surface area contributed by atoms with Crippen LogP contribution in [0, 0.1) is 5.82 Å². The molecule has 0 aliphatic heterocycles. The van der Waals surface area contributed by atoms with Crippen molar-refractivity contribution < 1.29 is 9.18 Å². The van der Waals surface area contributed by atoms with Crippen LogP contribution in [0.25, 0.3) is 28.9 Å². The Hall–Kier alpha value is -4.06. The molecule has 1 aromatic heterocycles. The Bertz CT molecular complexity index is 1170. The van der Waals surface area contributed by atoms with Crippen molar-refractivity contribution >= 4 is 17.7 Å². The maximum Gasteiger partial charge on any atom is 0.248 e. The molecule has 5 nitrogen and oxygen atoms in total. The Morgan fingerprint density at radius 2 is 1.66 bits per heavy atom. The molecule has 0 fully saturated rings. The molecule has 4 rings (SSSR count). The van der Waals surface area contributed by atoms with Crippen molar-refractivity contribution in [3.05, 3.63) is 96.3 Å². The molecule has 0 unspecified atom stereocenters. The highest BCUT2D eigenvalue weighted by atomic mass is 19.1. The van der Waals surface area contributed by atoms with Gasteiger partial charge in [0, 0.05) is 22.8 Å². The molecule has 0 saturated carbocycles. The molecular formula is C23H17FN4O. The Morgan fingerprint density at radius 1 is 0.931 bits per heavy atom. The first kappa shape index (κ1) is 18.3. The van der Waals surface area contributed by atoms with Gasteiger partial charge in [0.1, 0.15) is 5.82 Å². The van der Waals surface area contributed by atoms with E-state index in [1.165, 1.54) is 18.2 Å². The van der Waals surface area contributed by atoms with E-state index in [1.807, 2.05) is 48.5 Å². The molecular weight excluding hydrogens is 367 g/mol. The molecule has 1 heterocycles. The maximum atomic E-state index is 13.7. The van der Waals surface area contributed by atoms with E-state index in [-0.39, 0.29) is 11.7 Å². The molecule has 1 amide bonds. The van der Waals surface area contributed by atoms with Gasteiger partial charge in [0.15, 0.2) is 11.6 Å². The van der Waals surface area contributed by atoms with Gasteiger partial charge in [-0.1, -0.05) is 60.7 Å². The smallest absolute Gasteiger partial charge is 0.248 e. The summed E-state index contributed by atoms with van der Waals surface area (Å²) in [7, 11) is 0. The normalized spacial score (nSPS) is 10.9. The topological polar surface area (TPSA) is 70.7 Å². The molecule has 3 aromatic carbocycles. The van der Waals surface area contributed by atoms with Crippen LogP contribution in [0.15, 0.2) is 84.9 Å². The molecule has 2 N–H and O–H groups in total. The van der Waals surface area contributed by atoms with Gasteiger partial charge in [-0.15, -0.1) is 0 Å². The fourth-order valence-electron chi connectivity index (χ4n) is 2.85. The highest BCUT2D eigenvalue weighted by Crippen LogP contribution is 2.26. The molecule has 0 spiro atoms. The number of aromatic amines is 1. The zero-order chi connectivity index (χ0) is 20.1. The molecule has 6 heteroatoms. The number of aromatic nitrogens is 3. The third-order valence-corrected chi connectivity index (χ3v) is 4.28. The van der Waals surface area contributed by atoms with E-state index >= 15 is 0 Å². The van der Waals surface area contributed by atoms with E-state index in [0.717, 1.165) is 5.56 Å². The Labute approximate surface area is 167 Å². The van der Waals surface area contributed by atoms with Crippen molar-refractivity contribution in [2.75, 3.05) is 5.32 Å². The number of benzene rings is 3. The predicted molar refractivity (Wildman–Crippen MR) is 111 cm³/mol. The second-order valence-electron chi connectivity index (χ2n) is 6.26. The van der Waals surface area contributed by atoms with Crippen molar-refractivity contribution in [1.29, 1.82) is 0 Å². The van der Waals surface area contributed by atoms with Gasteiger partial charge in [0.05, 0.1) is 5.69 Å². The van der Waals surface area contributed by atoms with E-state index in [2.05, 4.69) is 20.5 Å². The molecule has 142 valence electrons. The summed E-state index contributed by atoms with van der Waals surface area (Å²) < 4.78 is 13.7. The molecule has 0 radical (unpaired) electrons. The number of anilines is 1. The van der Waals surface area contributed by atoms with Gasteiger partial charge in [-0.25, -0.2) is 9.37 Å². The third-order valence-electron chi connectivity index (χ3n) is 4.28. The number of amides is 1. The predicted octanol–water partition coefficient (Wildman–Crippen LogP) is 4.93. The molecule has 0 aliphatic rings. The number of H-pyrrole nitrogens is 1. The average molecular weight is 384 g/mol. The lowest BCUT2D eigenvalue weighted by Crippen LogP contribution is -2.09. The van der Waals surface area contributed by atoms with Gasteiger partial charge in [-0.05, 0) is 24.3 Å². The Kier molecular flexibility index (Phi) is 5.25. The summed E-state index contributed by atoms with van der Waals surface area (Å²) in [5.41, 5.74) is 2.52. The Balaban J connectivity index is 1.55. The van der Waals surface area contributed by atoms with Crippen molar-refractivity contribution in [1.82, 2.24) is 15.2 Å². The highest BCUT2D eigenvalue weighted by molar-refractivity contribution is 6.03. The molecule has 4 aromatic rings. The van der Waals surface area contributed by atoms with E-state index in [4.69, 9.17) is 0 Å². The first-order valence-corrected chi connectivity index (χ1v) is 9.01. The van der Waals surface area contributed by atoms with Crippen LogP contribution in [0.1, 0.15) is 5.56 Å². The van der Waals surface area contributed by atoms with Gasteiger partial charge in [0.2, 0.25) is 5.91 Å². The van der Waals surface area contributed by atoms with E-state index in [9.17, 15) is 9.18 Å². The summed E-state index contributed by atoms with van der Waals surface area (Å²) in [5, 5.41) is 10.00. The molecule has 29 heavy (non-hydrogen) atoms. The summed E-state index contributed by atoms with van der Waals surface area (Å²) in [6.45, 7) is 0. The number of rotatable bonds is 5. The number of para-hydroxylation sites is 1. The average Bonchev–Trinajstić information content (AvgIpc) is 3.24. The molecule has 0 atom stereocenters. The summed E-state index contributed by atoms with van der Waals surface area (Å²) >= 11 is 0. The van der Waals surface area contributed by atoms with Gasteiger partial charge in [-0.2, -0.15) is 5.10 Å². The van der Waals surface area contributed by atoms with Crippen LogP contribution in [0.5, 0.6) is 0 Å². The summed E-state index contributed by atoms with van der Waals surface area (Å²) in [4.78, 5) is 16.9. The number of nitrogens with one attached hydrogen (secondary N) is 2. The van der Waals surface area contributed by atoms with Gasteiger partial charge in [0.25, 0.3) is 0 Å². The molecule has 0 saturated heterocycles. The van der Waals surface area contributed by atoms with Crippen LogP contribution in [0.4, 0.5) is 10.1 Å². The van der Waals surface area contributed by atoms with Crippen LogP contribution in [0.3, 0.4) is 0 Å². The summed E-state index contributed by atoms with van der Waals surface area (Å²) in [5.74, 6) is 0.356. The largest absolute Gasteiger partial charge is 0.322 e. The number of nitrogens with zero attached hydrogens (tertiary/aromatic N) is 2. The van der Waals surface area contributed by atoms with Gasteiger partial charge in [-0.3, -0.25) is 9.89 Å². The third kappa shape index (κ3) is 4.27. The molecule has 0 bridgehead atoms. The first-order valence-electron chi connectivity index (χ1n) is 9.01. The number of carbonyl (C=O) groups excluding carboxylic acids is 1. The summed E-state index contributed by atoms with van der Waals surface area (Å²) in [6.07, 6.45) is 2.74. The highest BCUT2D eigenvalue weighted by Gasteiger charge is 2.12. The molecule has 0 aliphatic carbocycles. The first-order chi connectivity index (χ1) is 14.2. The maximum absolute atomic E-state index is 13.7. The number of carbonyl (C=O) groups is 1. The minimum Gasteiger partial charge on any atom is -0.322 e.